The van der Waals surface area contributed by atoms with Gasteiger partial charge in [-0.3, -0.25) is 4.79 Å². The van der Waals surface area contributed by atoms with Gasteiger partial charge in [-0.2, -0.15) is 0 Å². The van der Waals surface area contributed by atoms with Gasteiger partial charge in [0, 0.05) is 5.54 Å². The van der Waals surface area contributed by atoms with Crippen LogP contribution in [0.25, 0.3) is 0 Å². The number of benzene rings is 1. The molecule has 0 aliphatic carbocycles. The highest BCUT2D eigenvalue weighted by Crippen LogP contribution is 2.20. The minimum absolute atomic E-state index is 0.0716. The van der Waals surface area contributed by atoms with Crippen LogP contribution in [0.15, 0.2) is 18.2 Å². The molecule has 1 unspecified atom stereocenters. The molecule has 0 spiro atoms. The third-order valence-corrected chi connectivity index (χ3v) is 2.60. The van der Waals surface area contributed by atoms with Crippen molar-refractivity contribution in [1.82, 2.24) is 5.32 Å². The molecule has 0 fully saturated rings. The van der Waals surface area contributed by atoms with Crippen LogP contribution < -0.4 is 15.8 Å². The van der Waals surface area contributed by atoms with Crippen molar-refractivity contribution in [2.45, 2.75) is 45.8 Å². The number of rotatable bonds is 5. The van der Waals surface area contributed by atoms with Gasteiger partial charge in [-0.25, -0.2) is 4.39 Å². The molecule has 20 heavy (non-hydrogen) atoms. The Hall–Kier alpha value is -1.62. The monoisotopic (exact) mass is 282 g/mol. The maximum Gasteiger partial charge on any atom is 0.261 e. The summed E-state index contributed by atoms with van der Waals surface area (Å²) in [7, 11) is 0. The maximum absolute atomic E-state index is 13.8. The smallest absolute Gasteiger partial charge is 0.261 e. The summed E-state index contributed by atoms with van der Waals surface area (Å²) in [6.07, 6.45) is -0.152. The summed E-state index contributed by atoms with van der Waals surface area (Å²) in [5.74, 6) is -0.684. The molecule has 1 amide bonds. The van der Waals surface area contributed by atoms with Gasteiger partial charge in [-0.05, 0) is 58.4 Å². The molecular weight excluding hydrogens is 259 g/mol. The molecule has 0 aliphatic rings. The van der Waals surface area contributed by atoms with E-state index in [1.165, 1.54) is 12.1 Å². The molecule has 0 saturated carbocycles. The van der Waals surface area contributed by atoms with E-state index in [-0.39, 0.29) is 17.2 Å². The van der Waals surface area contributed by atoms with Crippen LogP contribution in [0.5, 0.6) is 5.75 Å². The molecule has 0 bridgehead atoms. The Morgan fingerprint density at radius 3 is 2.60 bits per heavy atom. The fourth-order valence-corrected chi connectivity index (χ4v) is 1.68. The van der Waals surface area contributed by atoms with Crippen molar-refractivity contribution in [2.24, 2.45) is 5.73 Å². The van der Waals surface area contributed by atoms with Crippen molar-refractivity contribution >= 4 is 5.91 Å². The number of nitrogens with one attached hydrogen (secondary N) is 1. The number of nitrogens with two attached hydrogens (primary N) is 1. The Bertz CT molecular complexity index is 469. The average Bonchev–Trinajstić information content (AvgIpc) is 2.30. The predicted octanol–water partition coefficient (Wildman–Crippen LogP) is 2.01. The Balaban J connectivity index is 2.70. The van der Waals surface area contributed by atoms with Crippen LogP contribution in [0, 0.1) is 5.82 Å². The molecule has 1 rings (SSSR count). The Kier molecular flexibility index (Phi) is 5.51. The molecule has 3 N–H and O–H groups in total. The van der Waals surface area contributed by atoms with E-state index >= 15 is 0 Å². The van der Waals surface area contributed by atoms with Crippen molar-refractivity contribution in [3.63, 3.8) is 0 Å². The largest absolute Gasteiger partial charge is 0.478 e. The molecule has 0 aromatic heterocycles. The summed E-state index contributed by atoms with van der Waals surface area (Å²) in [4.78, 5) is 11.9. The standard InChI is InChI=1S/C15H23FN2O2/c1-10(14(19)18-15(2,3)4)20-13-6-5-11(7-8-17)9-12(13)16/h5-6,9-10H,7-8,17H2,1-4H3,(H,18,19). The quantitative estimate of drug-likeness (QED) is 0.868. The average molecular weight is 282 g/mol. The van der Waals surface area contributed by atoms with E-state index in [1.807, 2.05) is 20.8 Å². The second-order valence-corrected chi connectivity index (χ2v) is 5.80. The number of halogens is 1. The van der Waals surface area contributed by atoms with Crippen LogP contribution in [0.3, 0.4) is 0 Å². The predicted molar refractivity (Wildman–Crippen MR) is 77.1 cm³/mol. The van der Waals surface area contributed by atoms with Gasteiger partial charge in [0.15, 0.2) is 17.7 Å². The van der Waals surface area contributed by atoms with Crippen LogP contribution in [-0.4, -0.2) is 24.1 Å². The molecule has 4 nitrogen and oxygen atoms in total. The van der Waals surface area contributed by atoms with Crippen molar-refractivity contribution in [3.05, 3.63) is 29.6 Å². The second-order valence-electron chi connectivity index (χ2n) is 5.80. The van der Waals surface area contributed by atoms with Gasteiger partial charge in [0.05, 0.1) is 0 Å². The van der Waals surface area contributed by atoms with Gasteiger partial charge >= 0.3 is 0 Å². The number of carbonyl (C=O) groups is 1. The van der Waals surface area contributed by atoms with Gasteiger partial charge in [-0.1, -0.05) is 6.07 Å². The number of hydrogen-bond acceptors (Lipinski definition) is 3. The van der Waals surface area contributed by atoms with E-state index in [2.05, 4.69) is 5.32 Å². The minimum atomic E-state index is -0.760. The molecule has 5 heteroatoms. The SMILES string of the molecule is CC(Oc1ccc(CCN)cc1F)C(=O)NC(C)(C)C. The molecule has 0 aliphatic heterocycles. The van der Waals surface area contributed by atoms with Crippen molar-refractivity contribution in [1.29, 1.82) is 0 Å². The number of ether oxygens (including phenoxy) is 1. The summed E-state index contributed by atoms with van der Waals surface area (Å²) in [5, 5.41) is 2.79. The molecule has 112 valence electrons. The first-order valence-corrected chi connectivity index (χ1v) is 6.70. The summed E-state index contributed by atoms with van der Waals surface area (Å²) in [6, 6.07) is 4.66. The lowest BCUT2D eigenvalue weighted by Gasteiger charge is -2.23. The van der Waals surface area contributed by atoms with Crippen LogP contribution in [-0.2, 0) is 11.2 Å². The van der Waals surface area contributed by atoms with Gasteiger partial charge in [0.2, 0.25) is 0 Å². The van der Waals surface area contributed by atoms with E-state index in [9.17, 15) is 9.18 Å². The van der Waals surface area contributed by atoms with E-state index in [0.717, 1.165) is 5.56 Å². The summed E-state index contributed by atoms with van der Waals surface area (Å²) in [6.45, 7) is 7.68. The lowest BCUT2D eigenvalue weighted by Crippen LogP contribution is -2.46. The van der Waals surface area contributed by atoms with Gasteiger partial charge < -0.3 is 15.8 Å². The van der Waals surface area contributed by atoms with Crippen LogP contribution in [0.2, 0.25) is 0 Å². The molecule has 1 aromatic carbocycles. The Labute approximate surface area is 119 Å². The fraction of sp³-hybridized carbons (Fsp3) is 0.533. The maximum atomic E-state index is 13.8. The van der Waals surface area contributed by atoms with E-state index in [1.54, 1.807) is 13.0 Å². The molecule has 1 aromatic rings. The second kappa shape index (κ2) is 6.70. The van der Waals surface area contributed by atoms with Crippen molar-refractivity contribution < 1.29 is 13.9 Å². The topological polar surface area (TPSA) is 64.3 Å². The highest BCUT2D eigenvalue weighted by molar-refractivity contribution is 5.81. The van der Waals surface area contributed by atoms with E-state index in [4.69, 9.17) is 10.5 Å². The van der Waals surface area contributed by atoms with E-state index in [0.29, 0.717) is 13.0 Å². The Morgan fingerprint density at radius 2 is 2.10 bits per heavy atom. The Morgan fingerprint density at radius 1 is 1.45 bits per heavy atom. The first-order valence-electron chi connectivity index (χ1n) is 6.70. The molecular formula is C15H23FN2O2. The van der Waals surface area contributed by atoms with Crippen LogP contribution in [0.1, 0.15) is 33.3 Å². The van der Waals surface area contributed by atoms with Crippen LogP contribution in [0.4, 0.5) is 4.39 Å². The van der Waals surface area contributed by atoms with Gasteiger partial charge in [0.25, 0.3) is 5.91 Å². The normalized spacial score (nSPS) is 12.9. The van der Waals surface area contributed by atoms with Crippen molar-refractivity contribution in [2.75, 3.05) is 6.54 Å². The first-order chi connectivity index (χ1) is 9.23. The van der Waals surface area contributed by atoms with Crippen LogP contribution >= 0.6 is 0 Å². The highest BCUT2D eigenvalue weighted by atomic mass is 19.1. The summed E-state index contributed by atoms with van der Waals surface area (Å²) >= 11 is 0. The lowest BCUT2D eigenvalue weighted by molar-refractivity contribution is -0.128. The van der Waals surface area contributed by atoms with Gasteiger partial charge in [-0.15, -0.1) is 0 Å². The van der Waals surface area contributed by atoms with Gasteiger partial charge in [0.1, 0.15) is 0 Å². The lowest BCUT2D eigenvalue weighted by atomic mass is 10.1. The summed E-state index contributed by atoms with van der Waals surface area (Å²) < 4.78 is 19.2. The molecule has 0 heterocycles. The van der Waals surface area contributed by atoms with Crippen molar-refractivity contribution in [3.8, 4) is 5.75 Å². The molecule has 0 radical (unpaired) electrons. The van der Waals surface area contributed by atoms with E-state index < -0.39 is 11.9 Å². The summed E-state index contributed by atoms with van der Waals surface area (Å²) in [5.41, 5.74) is 5.88. The zero-order valence-electron chi connectivity index (χ0n) is 12.5. The number of hydrogen-bond donors (Lipinski definition) is 2. The fourth-order valence-electron chi connectivity index (χ4n) is 1.68. The molecule has 1 atom stereocenters. The zero-order chi connectivity index (χ0) is 15.3. The zero-order valence-corrected chi connectivity index (χ0v) is 12.5. The third-order valence-electron chi connectivity index (χ3n) is 2.60. The highest BCUT2D eigenvalue weighted by Gasteiger charge is 2.21. The number of amides is 1. The molecule has 0 saturated heterocycles. The minimum Gasteiger partial charge on any atom is -0.478 e. The third kappa shape index (κ3) is 5.17. The first kappa shape index (κ1) is 16.4. The number of carbonyl (C=O) groups excluding carboxylic acids is 1.